The van der Waals surface area contributed by atoms with Crippen molar-refractivity contribution in [2.24, 2.45) is 5.10 Å². The molecule has 2 rings (SSSR count). The molecule has 0 atom stereocenters. The van der Waals surface area contributed by atoms with Crippen LogP contribution in [-0.2, 0) is 0 Å². The first-order valence-electron chi connectivity index (χ1n) is 6.48. The molecule has 22 heavy (non-hydrogen) atoms. The van der Waals surface area contributed by atoms with Crippen LogP contribution >= 0.6 is 0 Å². The standard InChI is InChI=1S/C16H16N2O4/c1-21-14-8-3-11(9-15(14)22-2)10-17-18-16(20)12-4-6-13(19)7-5-12/h3-10,19H,1-2H3,(H,18,20)/b17-10-. The van der Waals surface area contributed by atoms with Gasteiger partial charge in [-0.2, -0.15) is 5.10 Å². The number of nitrogens with one attached hydrogen (secondary N) is 1. The van der Waals surface area contributed by atoms with Gasteiger partial charge in [-0.05, 0) is 48.0 Å². The Hall–Kier alpha value is -3.02. The van der Waals surface area contributed by atoms with Gasteiger partial charge in [-0.25, -0.2) is 5.43 Å². The van der Waals surface area contributed by atoms with Gasteiger partial charge >= 0.3 is 0 Å². The lowest BCUT2D eigenvalue weighted by molar-refractivity contribution is 0.0955. The highest BCUT2D eigenvalue weighted by Crippen LogP contribution is 2.26. The molecule has 6 heteroatoms. The van der Waals surface area contributed by atoms with Gasteiger partial charge < -0.3 is 14.6 Å². The van der Waals surface area contributed by atoms with E-state index >= 15 is 0 Å². The zero-order chi connectivity index (χ0) is 15.9. The van der Waals surface area contributed by atoms with Gasteiger partial charge in [-0.1, -0.05) is 0 Å². The predicted molar refractivity (Wildman–Crippen MR) is 82.7 cm³/mol. The molecule has 114 valence electrons. The van der Waals surface area contributed by atoms with Crippen molar-refractivity contribution in [3.63, 3.8) is 0 Å². The Balaban J connectivity index is 2.03. The maximum absolute atomic E-state index is 11.8. The van der Waals surface area contributed by atoms with E-state index in [0.29, 0.717) is 17.1 Å². The van der Waals surface area contributed by atoms with Crippen LogP contribution in [0.3, 0.4) is 0 Å². The van der Waals surface area contributed by atoms with E-state index in [-0.39, 0.29) is 11.7 Å². The van der Waals surface area contributed by atoms with Crippen molar-refractivity contribution in [2.75, 3.05) is 14.2 Å². The first-order chi connectivity index (χ1) is 10.6. The summed E-state index contributed by atoms with van der Waals surface area (Å²) in [6.45, 7) is 0. The van der Waals surface area contributed by atoms with Gasteiger partial charge in [0.2, 0.25) is 0 Å². The molecule has 0 unspecified atom stereocenters. The van der Waals surface area contributed by atoms with Crippen LogP contribution in [0.4, 0.5) is 0 Å². The Morgan fingerprint density at radius 3 is 2.41 bits per heavy atom. The van der Waals surface area contributed by atoms with Crippen molar-refractivity contribution in [3.8, 4) is 17.2 Å². The van der Waals surface area contributed by atoms with Gasteiger partial charge in [0, 0.05) is 5.56 Å². The van der Waals surface area contributed by atoms with Crippen molar-refractivity contribution in [1.29, 1.82) is 0 Å². The minimum Gasteiger partial charge on any atom is -0.508 e. The normalized spacial score (nSPS) is 10.5. The van der Waals surface area contributed by atoms with Crippen LogP contribution in [0.5, 0.6) is 17.2 Å². The molecule has 2 aromatic carbocycles. The zero-order valence-electron chi connectivity index (χ0n) is 12.2. The van der Waals surface area contributed by atoms with Gasteiger partial charge in [0.1, 0.15) is 5.75 Å². The van der Waals surface area contributed by atoms with Crippen molar-refractivity contribution in [3.05, 3.63) is 53.6 Å². The van der Waals surface area contributed by atoms with E-state index in [9.17, 15) is 9.90 Å². The number of hydrogen-bond acceptors (Lipinski definition) is 5. The molecule has 0 aliphatic carbocycles. The lowest BCUT2D eigenvalue weighted by Gasteiger charge is -2.07. The molecule has 0 saturated carbocycles. The molecule has 0 aliphatic heterocycles. The number of rotatable bonds is 5. The van der Waals surface area contributed by atoms with Gasteiger partial charge in [0.25, 0.3) is 5.91 Å². The lowest BCUT2D eigenvalue weighted by Crippen LogP contribution is -2.17. The summed E-state index contributed by atoms with van der Waals surface area (Å²) >= 11 is 0. The average molecular weight is 300 g/mol. The number of carbonyl (C=O) groups is 1. The smallest absolute Gasteiger partial charge is 0.271 e. The summed E-state index contributed by atoms with van der Waals surface area (Å²) in [4.78, 5) is 11.8. The van der Waals surface area contributed by atoms with Crippen molar-refractivity contribution in [2.45, 2.75) is 0 Å². The predicted octanol–water partition coefficient (Wildman–Crippen LogP) is 2.17. The SMILES string of the molecule is COc1ccc(/C=N\NC(=O)c2ccc(O)cc2)cc1OC. The first-order valence-corrected chi connectivity index (χ1v) is 6.48. The molecule has 2 N–H and O–H groups in total. The molecule has 0 aromatic heterocycles. The van der Waals surface area contributed by atoms with Crippen molar-refractivity contribution < 1.29 is 19.4 Å². The van der Waals surface area contributed by atoms with Crippen molar-refractivity contribution in [1.82, 2.24) is 5.43 Å². The number of hydrogen-bond donors (Lipinski definition) is 2. The monoisotopic (exact) mass is 300 g/mol. The molecule has 0 fully saturated rings. The topological polar surface area (TPSA) is 80.2 Å². The zero-order valence-corrected chi connectivity index (χ0v) is 12.2. The Morgan fingerprint density at radius 2 is 1.77 bits per heavy atom. The second kappa shape index (κ2) is 7.12. The maximum Gasteiger partial charge on any atom is 0.271 e. The number of carbonyl (C=O) groups excluding carboxylic acids is 1. The number of nitrogens with zero attached hydrogens (tertiary/aromatic N) is 1. The second-order valence-electron chi connectivity index (χ2n) is 4.36. The van der Waals surface area contributed by atoms with Crippen LogP contribution in [0, 0.1) is 0 Å². The number of ether oxygens (including phenoxy) is 2. The minimum absolute atomic E-state index is 0.102. The Bertz CT molecular complexity index is 681. The summed E-state index contributed by atoms with van der Waals surface area (Å²) in [7, 11) is 3.11. The van der Waals surface area contributed by atoms with Gasteiger partial charge in [0.05, 0.1) is 20.4 Å². The Morgan fingerprint density at radius 1 is 1.09 bits per heavy atom. The Kier molecular flexibility index (Phi) is 4.98. The third kappa shape index (κ3) is 3.76. The van der Waals surface area contributed by atoms with Crippen LogP contribution in [0.25, 0.3) is 0 Å². The van der Waals surface area contributed by atoms with E-state index < -0.39 is 0 Å². The molecule has 0 heterocycles. The fraction of sp³-hybridized carbons (Fsp3) is 0.125. The van der Waals surface area contributed by atoms with E-state index in [1.165, 1.54) is 30.5 Å². The molecule has 0 bridgehead atoms. The van der Waals surface area contributed by atoms with Crippen LogP contribution in [0.1, 0.15) is 15.9 Å². The van der Waals surface area contributed by atoms with E-state index in [0.717, 1.165) is 5.56 Å². The van der Waals surface area contributed by atoms with E-state index in [2.05, 4.69) is 10.5 Å². The molecule has 6 nitrogen and oxygen atoms in total. The highest BCUT2D eigenvalue weighted by Gasteiger charge is 2.05. The van der Waals surface area contributed by atoms with Crippen LogP contribution in [0.15, 0.2) is 47.6 Å². The maximum atomic E-state index is 11.8. The molecule has 1 amide bonds. The Labute approximate surface area is 128 Å². The number of amides is 1. The van der Waals surface area contributed by atoms with Gasteiger partial charge in [-0.15, -0.1) is 0 Å². The van der Waals surface area contributed by atoms with Crippen LogP contribution < -0.4 is 14.9 Å². The molecular weight excluding hydrogens is 284 g/mol. The number of phenolic OH excluding ortho intramolecular Hbond substituents is 1. The number of methoxy groups -OCH3 is 2. The largest absolute Gasteiger partial charge is 0.508 e. The summed E-state index contributed by atoms with van der Waals surface area (Å²) in [6, 6.07) is 11.2. The first kappa shape index (κ1) is 15.4. The number of benzene rings is 2. The summed E-state index contributed by atoms with van der Waals surface area (Å²) < 4.78 is 10.3. The van der Waals surface area contributed by atoms with Crippen LogP contribution in [0.2, 0.25) is 0 Å². The van der Waals surface area contributed by atoms with E-state index in [1.54, 1.807) is 32.4 Å². The fourth-order valence-electron chi connectivity index (χ4n) is 1.78. The highest BCUT2D eigenvalue weighted by molar-refractivity contribution is 5.95. The van der Waals surface area contributed by atoms with Gasteiger partial charge in [0.15, 0.2) is 11.5 Å². The molecule has 0 spiro atoms. The fourth-order valence-corrected chi connectivity index (χ4v) is 1.78. The van der Waals surface area contributed by atoms with E-state index in [1.807, 2.05) is 0 Å². The number of aromatic hydroxyl groups is 1. The molecule has 2 aromatic rings. The van der Waals surface area contributed by atoms with Gasteiger partial charge in [-0.3, -0.25) is 4.79 Å². The molecule has 0 radical (unpaired) electrons. The van der Waals surface area contributed by atoms with Crippen LogP contribution in [-0.4, -0.2) is 31.4 Å². The summed E-state index contributed by atoms with van der Waals surface area (Å²) in [5, 5.41) is 13.1. The number of phenols is 1. The minimum atomic E-state index is -0.364. The summed E-state index contributed by atoms with van der Waals surface area (Å²) in [5.41, 5.74) is 3.57. The lowest BCUT2D eigenvalue weighted by atomic mass is 10.2. The molecular formula is C16H16N2O4. The summed E-state index contributed by atoms with van der Waals surface area (Å²) in [5.74, 6) is 0.936. The molecule has 0 aliphatic rings. The third-order valence-electron chi connectivity index (χ3n) is 2.92. The quantitative estimate of drug-likeness (QED) is 0.655. The average Bonchev–Trinajstić information content (AvgIpc) is 2.55. The van der Waals surface area contributed by atoms with E-state index in [4.69, 9.17) is 9.47 Å². The second-order valence-corrected chi connectivity index (χ2v) is 4.36. The van der Waals surface area contributed by atoms with Crippen molar-refractivity contribution >= 4 is 12.1 Å². The molecule has 0 saturated heterocycles. The third-order valence-corrected chi connectivity index (χ3v) is 2.92. The highest BCUT2D eigenvalue weighted by atomic mass is 16.5. The summed E-state index contributed by atoms with van der Waals surface area (Å²) in [6.07, 6.45) is 1.50. The number of hydrazone groups is 1.